The number of fused-ring (bicyclic) bond motifs is 1. The molecule has 2 aromatic rings. The van der Waals surface area contributed by atoms with E-state index >= 15 is 0 Å². The molecule has 2 aliphatic heterocycles. The number of rotatable bonds is 5. The van der Waals surface area contributed by atoms with E-state index in [0.717, 1.165) is 5.56 Å². The number of hydrogen-bond acceptors (Lipinski definition) is 5. The van der Waals surface area contributed by atoms with Crippen molar-refractivity contribution in [3.05, 3.63) is 53.1 Å². The summed E-state index contributed by atoms with van der Waals surface area (Å²) in [6, 6.07) is 11.9. The number of sulfonamides is 1. The Kier molecular flexibility index (Phi) is 6.41. The molecule has 1 saturated heterocycles. The summed E-state index contributed by atoms with van der Waals surface area (Å²) in [5.74, 6) is 0.697. The van der Waals surface area contributed by atoms with Crippen molar-refractivity contribution in [3.8, 4) is 11.5 Å². The Bertz CT molecular complexity index is 1070. The molecule has 0 aromatic heterocycles. The lowest BCUT2D eigenvalue weighted by Gasteiger charge is -2.31. The number of nitrogens with one attached hydrogen (secondary N) is 1. The van der Waals surface area contributed by atoms with E-state index in [0.29, 0.717) is 55.7 Å². The first-order valence-corrected chi connectivity index (χ1v) is 12.1. The first-order valence-electron chi connectivity index (χ1n) is 10.3. The van der Waals surface area contributed by atoms with Crippen LogP contribution in [0.3, 0.4) is 0 Å². The quantitative estimate of drug-likeness (QED) is 0.733. The molecule has 0 unspecified atom stereocenters. The van der Waals surface area contributed by atoms with Crippen LogP contribution in [0.15, 0.2) is 47.4 Å². The molecule has 2 aromatic carbocycles. The van der Waals surface area contributed by atoms with Crippen molar-refractivity contribution >= 4 is 27.5 Å². The van der Waals surface area contributed by atoms with Crippen LogP contribution in [-0.4, -0.2) is 44.9 Å². The maximum absolute atomic E-state index is 13.1. The van der Waals surface area contributed by atoms with Crippen LogP contribution >= 0.6 is 11.6 Å². The van der Waals surface area contributed by atoms with Gasteiger partial charge in [0.05, 0.1) is 10.9 Å². The predicted octanol–water partition coefficient (Wildman–Crippen LogP) is 3.39. The minimum atomic E-state index is -3.66. The minimum Gasteiger partial charge on any atom is -0.486 e. The molecular weight excluding hydrogens is 440 g/mol. The van der Waals surface area contributed by atoms with E-state index in [1.807, 2.05) is 25.1 Å². The Morgan fingerprint density at radius 1 is 1.10 bits per heavy atom. The Morgan fingerprint density at radius 3 is 2.52 bits per heavy atom. The summed E-state index contributed by atoms with van der Waals surface area (Å²) in [6.45, 7) is 3.33. The Labute approximate surface area is 187 Å². The number of hydrogen-bond donors (Lipinski definition) is 1. The van der Waals surface area contributed by atoms with Crippen LogP contribution in [0.5, 0.6) is 11.5 Å². The topological polar surface area (TPSA) is 84.9 Å². The van der Waals surface area contributed by atoms with Gasteiger partial charge in [0.15, 0.2) is 11.5 Å². The van der Waals surface area contributed by atoms with E-state index in [2.05, 4.69) is 5.32 Å². The Morgan fingerprint density at radius 2 is 1.81 bits per heavy atom. The van der Waals surface area contributed by atoms with E-state index in [-0.39, 0.29) is 22.8 Å². The molecule has 0 radical (unpaired) electrons. The molecule has 1 amide bonds. The SMILES string of the molecule is C[C@H](NC(=O)C1CCN(S(=O)(=O)c2ccc3c(c2)OCCO3)CC1)c1cccc(Cl)c1. The molecular formula is C22H25ClN2O5S. The second-order valence-electron chi connectivity index (χ2n) is 7.77. The second kappa shape index (κ2) is 9.06. The van der Waals surface area contributed by atoms with Crippen molar-refractivity contribution in [2.45, 2.75) is 30.7 Å². The molecule has 2 heterocycles. The lowest BCUT2D eigenvalue weighted by Crippen LogP contribution is -2.43. The molecule has 166 valence electrons. The van der Waals surface area contributed by atoms with Gasteiger partial charge in [0.2, 0.25) is 15.9 Å². The summed E-state index contributed by atoms with van der Waals surface area (Å²) in [5, 5.41) is 3.64. The molecule has 0 saturated carbocycles. The highest BCUT2D eigenvalue weighted by molar-refractivity contribution is 7.89. The van der Waals surface area contributed by atoms with Gasteiger partial charge in [0, 0.05) is 30.1 Å². The number of halogens is 1. The lowest BCUT2D eigenvalue weighted by molar-refractivity contribution is -0.126. The average Bonchev–Trinajstić information content (AvgIpc) is 2.78. The van der Waals surface area contributed by atoms with Crippen LogP contribution in [0.25, 0.3) is 0 Å². The number of piperidine rings is 1. The maximum Gasteiger partial charge on any atom is 0.243 e. The molecule has 1 N–H and O–H groups in total. The van der Waals surface area contributed by atoms with Gasteiger partial charge in [-0.05, 0) is 49.6 Å². The van der Waals surface area contributed by atoms with Gasteiger partial charge in [-0.1, -0.05) is 23.7 Å². The molecule has 0 aliphatic carbocycles. The third kappa shape index (κ3) is 4.81. The van der Waals surface area contributed by atoms with Gasteiger partial charge < -0.3 is 14.8 Å². The van der Waals surface area contributed by atoms with E-state index in [9.17, 15) is 13.2 Å². The summed E-state index contributed by atoms with van der Waals surface area (Å²) in [5.41, 5.74) is 0.930. The fourth-order valence-corrected chi connectivity index (χ4v) is 5.57. The summed E-state index contributed by atoms with van der Waals surface area (Å²) >= 11 is 6.03. The van der Waals surface area contributed by atoms with Crippen molar-refractivity contribution in [2.75, 3.05) is 26.3 Å². The molecule has 2 aliphatic rings. The molecule has 9 heteroatoms. The highest BCUT2D eigenvalue weighted by atomic mass is 35.5. The van der Waals surface area contributed by atoms with E-state index in [1.165, 1.54) is 16.4 Å². The van der Waals surface area contributed by atoms with Crippen LogP contribution in [0.1, 0.15) is 31.4 Å². The van der Waals surface area contributed by atoms with Crippen molar-refractivity contribution in [2.24, 2.45) is 5.92 Å². The summed E-state index contributed by atoms with van der Waals surface area (Å²) < 4.78 is 38.5. The van der Waals surface area contributed by atoms with E-state index < -0.39 is 10.0 Å². The smallest absolute Gasteiger partial charge is 0.243 e. The number of carbonyl (C=O) groups is 1. The summed E-state index contributed by atoms with van der Waals surface area (Å²) in [6.07, 6.45) is 0.940. The zero-order chi connectivity index (χ0) is 22.0. The van der Waals surface area contributed by atoms with Gasteiger partial charge in [-0.3, -0.25) is 4.79 Å². The van der Waals surface area contributed by atoms with Crippen LogP contribution in [0.2, 0.25) is 5.02 Å². The summed E-state index contributed by atoms with van der Waals surface area (Å²) in [4.78, 5) is 12.9. The number of ether oxygens (including phenoxy) is 2. The largest absolute Gasteiger partial charge is 0.486 e. The fraction of sp³-hybridized carbons (Fsp3) is 0.409. The van der Waals surface area contributed by atoms with Gasteiger partial charge in [-0.15, -0.1) is 0 Å². The van der Waals surface area contributed by atoms with Crippen molar-refractivity contribution in [3.63, 3.8) is 0 Å². The lowest BCUT2D eigenvalue weighted by atomic mass is 9.96. The maximum atomic E-state index is 13.1. The monoisotopic (exact) mass is 464 g/mol. The van der Waals surface area contributed by atoms with Crippen molar-refractivity contribution in [1.82, 2.24) is 9.62 Å². The van der Waals surface area contributed by atoms with Crippen molar-refractivity contribution < 1.29 is 22.7 Å². The first-order chi connectivity index (χ1) is 14.8. The number of carbonyl (C=O) groups excluding carboxylic acids is 1. The highest BCUT2D eigenvalue weighted by Gasteiger charge is 2.33. The third-order valence-electron chi connectivity index (χ3n) is 5.68. The molecule has 0 bridgehead atoms. The van der Waals surface area contributed by atoms with Crippen LogP contribution in [0.4, 0.5) is 0 Å². The second-order valence-corrected chi connectivity index (χ2v) is 10.1. The highest BCUT2D eigenvalue weighted by Crippen LogP contribution is 2.34. The normalized spacial score (nSPS) is 18.4. The minimum absolute atomic E-state index is 0.0659. The number of nitrogens with zero attached hydrogens (tertiary/aromatic N) is 1. The Hall–Kier alpha value is -2.29. The molecule has 7 nitrogen and oxygen atoms in total. The molecule has 31 heavy (non-hydrogen) atoms. The van der Waals surface area contributed by atoms with E-state index in [4.69, 9.17) is 21.1 Å². The summed E-state index contributed by atoms with van der Waals surface area (Å²) in [7, 11) is -3.66. The number of amides is 1. The molecule has 0 spiro atoms. The molecule has 1 fully saturated rings. The molecule has 1 atom stereocenters. The first kappa shape index (κ1) is 21.9. The zero-order valence-electron chi connectivity index (χ0n) is 17.2. The molecule has 4 rings (SSSR count). The van der Waals surface area contributed by atoms with Crippen molar-refractivity contribution in [1.29, 1.82) is 0 Å². The van der Waals surface area contributed by atoms with Gasteiger partial charge in [0.25, 0.3) is 0 Å². The van der Waals surface area contributed by atoms with Crippen LogP contribution in [-0.2, 0) is 14.8 Å². The number of benzene rings is 2. The van der Waals surface area contributed by atoms with Gasteiger partial charge in [-0.2, -0.15) is 4.31 Å². The van der Waals surface area contributed by atoms with Gasteiger partial charge in [-0.25, -0.2) is 8.42 Å². The van der Waals surface area contributed by atoms with Gasteiger partial charge >= 0.3 is 0 Å². The van der Waals surface area contributed by atoms with E-state index in [1.54, 1.807) is 12.1 Å². The fourth-order valence-electron chi connectivity index (χ4n) is 3.88. The van der Waals surface area contributed by atoms with Crippen LogP contribution in [0, 0.1) is 5.92 Å². The van der Waals surface area contributed by atoms with Gasteiger partial charge in [0.1, 0.15) is 13.2 Å². The zero-order valence-corrected chi connectivity index (χ0v) is 18.8. The standard InChI is InChI=1S/C22H25ClN2O5S/c1-15(17-3-2-4-18(23)13-17)24-22(26)16-7-9-25(10-8-16)31(27,28)19-5-6-20-21(14-19)30-12-11-29-20/h2-6,13-16H,7-12H2,1H3,(H,24,26)/t15-/m0/s1. The Balaban J connectivity index is 1.37. The predicted molar refractivity (Wildman–Crippen MR) is 117 cm³/mol. The average molecular weight is 465 g/mol. The van der Waals surface area contributed by atoms with Crippen LogP contribution < -0.4 is 14.8 Å². The third-order valence-corrected chi connectivity index (χ3v) is 7.81.